The summed E-state index contributed by atoms with van der Waals surface area (Å²) in [6.07, 6.45) is 4.26. The molecule has 31 heavy (non-hydrogen) atoms. The fraction of sp³-hybridized carbons (Fsp3) is 0.375. The predicted octanol–water partition coefficient (Wildman–Crippen LogP) is 4.62. The van der Waals surface area contributed by atoms with Gasteiger partial charge in [-0.2, -0.15) is 0 Å². The molecule has 2 aromatic rings. The normalized spacial score (nSPS) is 20.4. The molecule has 2 aromatic carbocycles. The number of fused-ring (bicyclic) bond motifs is 1. The third-order valence-corrected chi connectivity index (χ3v) is 6.99. The van der Waals surface area contributed by atoms with Crippen LogP contribution in [0.25, 0.3) is 0 Å². The van der Waals surface area contributed by atoms with Crippen molar-refractivity contribution in [2.75, 3.05) is 12.0 Å². The molecule has 2 amide bonds. The van der Waals surface area contributed by atoms with Crippen molar-refractivity contribution in [1.29, 1.82) is 0 Å². The van der Waals surface area contributed by atoms with E-state index >= 15 is 0 Å². The lowest BCUT2D eigenvalue weighted by Crippen LogP contribution is -2.39. The van der Waals surface area contributed by atoms with Gasteiger partial charge in [0.2, 0.25) is 5.91 Å². The molecule has 2 heterocycles. The molecule has 162 valence electrons. The Bertz CT molecular complexity index is 1010. The zero-order valence-electron chi connectivity index (χ0n) is 17.7. The summed E-state index contributed by atoms with van der Waals surface area (Å²) in [5.41, 5.74) is 4.85. The van der Waals surface area contributed by atoms with Gasteiger partial charge in [0.1, 0.15) is 5.25 Å². The fourth-order valence-corrected chi connectivity index (χ4v) is 5.21. The number of esters is 1. The highest BCUT2D eigenvalue weighted by molar-refractivity contribution is 8.15. The minimum atomic E-state index is -0.479. The molecule has 1 saturated heterocycles. The van der Waals surface area contributed by atoms with Gasteiger partial charge in [0, 0.05) is 18.3 Å². The molecule has 0 radical (unpaired) electrons. The molecule has 2 atom stereocenters. The van der Waals surface area contributed by atoms with Crippen LogP contribution < -0.4 is 10.2 Å². The van der Waals surface area contributed by atoms with E-state index in [0.717, 1.165) is 54.3 Å². The summed E-state index contributed by atoms with van der Waals surface area (Å²) in [4.78, 5) is 37.9. The van der Waals surface area contributed by atoms with Gasteiger partial charge in [-0.1, -0.05) is 43.7 Å². The first-order valence-corrected chi connectivity index (χ1v) is 11.5. The average molecular weight is 439 g/mol. The summed E-state index contributed by atoms with van der Waals surface area (Å²) < 4.78 is 4.92. The van der Waals surface area contributed by atoms with Crippen LogP contribution in [0.2, 0.25) is 0 Å². The van der Waals surface area contributed by atoms with Crippen LogP contribution in [0, 0.1) is 0 Å². The minimum absolute atomic E-state index is 0.258. The molecule has 0 aromatic heterocycles. The third kappa shape index (κ3) is 4.46. The highest BCUT2D eigenvalue weighted by atomic mass is 32.2. The molecule has 0 bridgehead atoms. The summed E-state index contributed by atoms with van der Waals surface area (Å²) in [7, 11) is 1.40. The molecule has 2 aliphatic rings. The van der Waals surface area contributed by atoms with Gasteiger partial charge >= 0.3 is 5.97 Å². The molecule has 0 saturated carbocycles. The first kappa shape index (κ1) is 21.4. The number of thioether (sulfide) groups is 1. The Balaban J connectivity index is 1.60. The number of hydrogen-bond donors (Lipinski definition) is 1. The summed E-state index contributed by atoms with van der Waals surface area (Å²) in [5.74, 6) is -0.585. The lowest BCUT2D eigenvalue weighted by atomic mass is 9.91. The molecule has 0 aliphatic carbocycles. The number of imide groups is 1. The summed E-state index contributed by atoms with van der Waals surface area (Å²) in [6.45, 7) is 2.91. The minimum Gasteiger partial charge on any atom is -0.465 e. The van der Waals surface area contributed by atoms with Gasteiger partial charge in [-0.3, -0.25) is 14.9 Å². The zero-order chi connectivity index (χ0) is 22.0. The molecule has 1 fully saturated rings. The van der Waals surface area contributed by atoms with E-state index in [4.69, 9.17) is 4.74 Å². The molecular formula is C24H26N2O4S. The van der Waals surface area contributed by atoms with Crippen LogP contribution in [-0.2, 0) is 22.5 Å². The summed E-state index contributed by atoms with van der Waals surface area (Å²) in [6, 6.07) is 14.1. The lowest BCUT2D eigenvalue weighted by Gasteiger charge is -2.39. The van der Waals surface area contributed by atoms with Gasteiger partial charge in [0.25, 0.3) is 5.24 Å². The van der Waals surface area contributed by atoms with E-state index in [1.54, 1.807) is 0 Å². The number of rotatable bonds is 6. The average Bonchev–Trinajstić information content (AvgIpc) is 3.12. The number of ether oxygens (including phenoxy) is 1. The Morgan fingerprint density at radius 1 is 1.19 bits per heavy atom. The number of anilines is 1. The van der Waals surface area contributed by atoms with E-state index in [9.17, 15) is 14.4 Å². The molecule has 4 rings (SSSR count). The van der Waals surface area contributed by atoms with Gasteiger partial charge in [-0.15, -0.1) is 0 Å². The number of nitrogens with zero attached hydrogens (tertiary/aromatic N) is 1. The summed E-state index contributed by atoms with van der Waals surface area (Å²) >= 11 is 1.02. The number of methoxy groups -OCH3 is 1. The Hall–Kier alpha value is -2.80. The smallest absolute Gasteiger partial charge is 0.337 e. The number of carbonyl (C=O) groups is 3. The fourth-order valence-electron chi connectivity index (χ4n) is 4.38. The van der Waals surface area contributed by atoms with E-state index in [0.29, 0.717) is 18.2 Å². The largest absolute Gasteiger partial charge is 0.465 e. The lowest BCUT2D eigenvalue weighted by molar-refractivity contribution is -0.119. The topological polar surface area (TPSA) is 75.7 Å². The van der Waals surface area contributed by atoms with Crippen molar-refractivity contribution >= 4 is 34.6 Å². The number of aryl methyl sites for hydroxylation is 1. The van der Waals surface area contributed by atoms with Crippen LogP contribution in [0.5, 0.6) is 0 Å². The third-order valence-electron chi connectivity index (χ3n) is 5.95. The van der Waals surface area contributed by atoms with Crippen molar-refractivity contribution in [2.45, 2.75) is 50.4 Å². The van der Waals surface area contributed by atoms with Gasteiger partial charge < -0.3 is 9.64 Å². The molecule has 0 spiro atoms. The first-order valence-electron chi connectivity index (χ1n) is 10.6. The van der Waals surface area contributed by atoms with E-state index < -0.39 is 5.25 Å². The van der Waals surface area contributed by atoms with Crippen LogP contribution in [0.3, 0.4) is 0 Å². The van der Waals surface area contributed by atoms with Crippen molar-refractivity contribution in [3.63, 3.8) is 0 Å². The van der Waals surface area contributed by atoms with Gasteiger partial charge in [-0.25, -0.2) is 4.79 Å². The van der Waals surface area contributed by atoms with E-state index in [2.05, 4.69) is 17.1 Å². The van der Waals surface area contributed by atoms with Gasteiger partial charge in [0.05, 0.1) is 12.7 Å². The predicted molar refractivity (Wildman–Crippen MR) is 121 cm³/mol. The number of nitrogens with one attached hydrogen (secondary N) is 1. The van der Waals surface area contributed by atoms with Gasteiger partial charge in [0.15, 0.2) is 0 Å². The second kappa shape index (κ2) is 9.14. The van der Waals surface area contributed by atoms with E-state index in [-0.39, 0.29) is 17.1 Å². The van der Waals surface area contributed by atoms with Crippen LogP contribution in [0.15, 0.2) is 42.5 Å². The highest BCUT2D eigenvalue weighted by Gasteiger charge is 2.33. The number of benzene rings is 2. The van der Waals surface area contributed by atoms with E-state index in [1.807, 2.05) is 42.5 Å². The van der Waals surface area contributed by atoms with Crippen molar-refractivity contribution in [3.05, 3.63) is 64.7 Å². The molecule has 7 heteroatoms. The maximum absolute atomic E-state index is 12.1. The monoisotopic (exact) mass is 438 g/mol. The quantitative estimate of drug-likeness (QED) is 0.664. The van der Waals surface area contributed by atoms with Crippen LogP contribution in [-0.4, -0.2) is 30.3 Å². The maximum Gasteiger partial charge on any atom is 0.337 e. The van der Waals surface area contributed by atoms with Crippen molar-refractivity contribution < 1.29 is 19.1 Å². The van der Waals surface area contributed by atoms with Crippen molar-refractivity contribution in [2.24, 2.45) is 0 Å². The standard InChI is InChI=1S/C24H26N2O4S/c1-3-4-19-12-11-16-9-10-18(23(28)30-2)13-20(16)26(19)14-15-5-7-17(8-6-15)21-22(27)25-24(29)31-21/h5-10,13,19,21H,3-4,11-12,14H2,1-2H3,(H,25,27,29). The Morgan fingerprint density at radius 2 is 1.97 bits per heavy atom. The number of carbonyl (C=O) groups excluding carboxylic acids is 3. The molecule has 2 unspecified atom stereocenters. The Morgan fingerprint density at radius 3 is 2.61 bits per heavy atom. The van der Waals surface area contributed by atoms with Gasteiger partial charge in [-0.05, 0) is 59.8 Å². The van der Waals surface area contributed by atoms with Crippen LogP contribution in [0.1, 0.15) is 58.5 Å². The van der Waals surface area contributed by atoms with Crippen LogP contribution >= 0.6 is 11.8 Å². The molecular weight excluding hydrogens is 412 g/mol. The molecule has 1 N–H and O–H groups in total. The second-order valence-electron chi connectivity index (χ2n) is 7.96. The summed E-state index contributed by atoms with van der Waals surface area (Å²) in [5, 5.41) is 1.56. The van der Waals surface area contributed by atoms with Crippen molar-refractivity contribution in [3.8, 4) is 0 Å². The zero-order valence-corrected chi connectivity index (χ0v) is 18.5. The number of hydrogen-bond acceptors (Lipinski definition) is 6. The second-order valence-corrected chi connectivity index (χ2v) is 9.04. The molecule has 2 aliphatic heterocycles. The first-order chi connectivity index (χ1) is 15.0. The van der Waals surface area contributed by atoms with Crippen LogP contribution in [0.4, 0.5) is 10.5 Å². The van der Waals surface area contributed by atoms with E-state index in [1.165, 1.54) is 12.7 Å². The SMILES string of the molecule is CCCC1CCc2ccc(C(=O)OC)cc2N1Cc1ccc(C2SC(=O)NC2=O)cc1. The Kier molecular flexibility index (Phi) is 6.32. The van der Waals surface area contributed by atoms with Crippen molar-refractivity contribution in [1.82, 2.24) is 5.32 Å². The number of amides is 2. The maximum atomic E-state index is 12.1. The molecule has 6 nitrogen and oxygen atoms in total. The highest BCUT2D eigenvalue weighted by Crippen LogP contribution is 2.36. The Labute approximate surface area is 186 Å².